The van der Waals surface area contributed by atoms with Crippen LogP contribution in [0.3, 0.4) is 0 Å². The molecule has 82 valence electrons. The summed E-state index contributed by atoms with van der Waals surface area (Å²) in [5, 5.41) is 0. The van der Waals surface area contributed by atoms with Gasteiger partial charge in [0.1, 0.15) is 5.92 Å². The summed E-state index contributed by atoms with van der Waals surface area (Å²) >= 11 is 0. The van der Waals surface area contributed by atoms with Crippen molar-refractivity contribution < 1.29 is 18.3 Å². The first-order valence-electron chi connectivity index (χ1n) is 5.02. The van der Waals surface area contributed by atoms with Gasteiger partial charge < -0.3 is 4.74 Å². The molecular formula is C10H16F2O2. The van der Waals surface area contributed by atoms with E-state index < -0.39 is 17.8 Å². The van der Waals surface area contributed by atoms with E-state index in [2.05, 4.69) is 0 Å². The van der Waals surface area contributed by atoms with Crippen LogP contribution < -0.4 is 0 Å². The number of hydrogen-bond acceptors (Lipinski definition) is 2. The fourth-order valence-electron chi connectivity index (χ4n) is 1.70. The Kier molecular flexibility index (Phi) is 3.45. The highest BCUT2D eigenvalue weighted by Gasteiger charge is 2.46. The monoisotopic (exact) mass is 206 g/mol. The summed E-state index contributed by atoms with van der Waals surface area (Å²) in [6.45, 7) is 3.33. The molecule has 1 rings (SSSR count). The molecule has 1 atom stereocenters. The van der Waals surface area contributed by atoms with Gasteiger partial charge in [-0.3, -0.25) is 4.79 Å². The van der Waals surface area contributed by atoms with E-state index in [-0.39, 0.29) is 18.9 Å². The average Bonchev–Trinajstić information content (AvgIpc) is 2.01. The molecule has 1 unspecified atom stereocenters. The number of rotatable bonds is 2. The molecule has 0 aromatic rings. The fraction of sp³-hybridized carbons (Fsp3) is 0.900. The van der Waals surface area contributed by atoms with Crippen LogP contribution in [0.1, 0.15) is 39.5 Å². The number of alkyl halides is 2. The average molecular weight is 206 g/mol. The second-order valence-electron chi connectivity index (χ2n) is 4.05. The van der Waals surface area contributed by atoms with E-state index in [9.17, 15) is 13.6 Å². The van der Waals surface area contributed by atoms with E-state index in [1.165, 1.54) is 0 Å². The van der Waals surface area contributed by atoms with Crippen LogP contribution in [0.5, 0.6) is 0 Å². The normalized spacial score (nSPS) is 26.2. The largest absolute Gasteiger partial charge is 0.463 e. The molecule has 0 aromatic carbocycles. The Bertz CT molecular complexity index is 214. The van der Waals surface area contributed by atoms with Crippen molar-refractivity contribution in [3.8, 4) is 0 Å². The van der Waals surface area contributed by atoms with Crippen molar-refractivity contribution in [1.82, 2.24) is 0 Å². The number of halogens is 2. The highest BCUT2D eigenvalue weighted by molar-refractivity contribution is 5.73. The van der Waals surface area contributed by atoms with Crippen LogP contribution in [0, 0.1) is 5.92 Å². The van der Waals surface area contributed by atoms with Crippen LogP contribution in [-0.2, 0) is 9.53 Å². The first kappa shape index (κ1) is 11.4. The van der Waals surface area contributed by atoms with Gasteiger partial charge in [-0.15, -0.1) is 0 Å². The molecule has 0 aromatic heterocycles. The molecule has 1 saturated carbocycles. The van der Waals surface area contributed by atoms with Gasteiger partial charge in [0, 0.05) is 6.42 Å². The van der Waals surface area contributed by atoms with Crippen molar-refractivity contribution in [3.05, 3.63) is 0 Å². The molecule has 0 saturated heterocycles. The van der Waals surface area contributed by atoms with Crippen LogP contribution in [0.2, 0.25) is 0 Å². The summed E-state index contributed by atoms with van der Waals surface area (Å²) in [4.78, 5) is 11.3. The van der Waals surface area contributed by atoms with Crippen molar-refractivity contribution in [2.75, 3.05) is 0 Å². The van der Waals surface area contributed by atoms with E-state index in [1.54, 1.807) is 13.8 Å². The Morgan fingerprint density at radius 3 is 2.57 bits per heavy atom. The molecule has 0 radical (unpaired) electrons. The van der Waals surface area contributed by atoms with Gasteiger partial charge in [0.25, 0.3) is 5.92 Å². The minimum Gasteiger partial charge on any atom is -0.463 e. The van der Waals surface area contributed by atoms with E-state index in [4.69, 9.17) is 4.74 Å². The Balaban J connectivity index is 2.60. The highest BCUT2D eigenvalue weighted by atomic mass is 19.3. The lowest BCUT2D eigenvalue weighted by atomic mass is 9.85. The number of carbonyl (C=O) groups excluding carboxylic acids is 1. The summed E-state index contributed by atoms with van der Waals surface area (Å²) in [6, 6.07) is 0. The Hall–Kier alpha value is -0.670. The van der Waals surface area contributed by atoms with Gasteiger partial charge in [-0.1, -0.05) is 6.42 Å². The van der Waals surface area contributed by atoms with Gasteiger partial charge in [0.2, 0.25) is 0 Å². The fourth-order valence-corrected chi connectivity index (χ4v) is 1.70. The second-order valence-corrected chi connectivity index (χ2v) is 4.05. The first-order valence-corrected chi connectivity index (χ1v) is 5.02. The number of esters is 1. The maximum Gasteiger partial charge on any atom is 0.315 e. The molecule has 1 aliphatic carbocycles. The van der Waals surface area contributed by atoms with Gasteiger partial charge >= 0.3 is 5.97 Å². The van der Waals surface area contributed by atoms with E-state index >= 15 is 0 Å². The van der Waals surface area contributed by atoms with Gasteiger partial charge in [-0.2, -0.15) is 0 Å². The number of carbonyl (C=O) groups is 1. The zero-order valence-electron chi connectivity index (χ0n) is 8.56. The van der Waals surface area contributed by atoms with Crippen LogP contribution >= 0.6 is 0 Å². The molecule has 0 N–H and O–H groups in total. The third-order valence-electron chi connectivity index (χ3n) is 2.40. The molecular weight excluding hydrogens is 190 g/mol. The maximum atomic E-state index is 13.3. The molecule has 1 fully saturated rings. The van der Waals surface area contributed by atoms with Gasteiger partial charge in [-0.25, -0.2) is 8.78 Å². The van der Waals surface area contributed by atoms with Crippen molar-refractivity contribution in [3.63, 3.8) is 0 Å². The van der Waals surface area contributed by atoms with Gasteiger partial charge in [0.05, 0.1) is 6.10 Å². The second kappa shape index (κ2) is 4.24. The molecule has 0 amide bonds. The lowest BCUT2D eigenvalue weighted by Gasteiger charge is -2.29. The van der Waals surface area contributed by atoms with Crippen LogP contribution in [-0.4, -0.2) is 18.0 Å². The summed E-state index contributed by atoms with van der Waals surface area (Å²) < 4.78 is 31.3. The maximum absolute atomic E-state index is 13.3. The number of hydrogen-bond donors (Lipinski definition) is 0. The van der Waals surface area contributed by atoms with Gasteiger partial charge in [0.15, 0.2) is 0 Å². The smallest absolute Gasteiger partial charge is 0.315 e. The Morgan fingerprint density at radius 1 is 1.43 bits per heavy atom. The van der Waals surface area contributed by atoms with E-state index in [1.807, 2.05) is 0 Å². The zero-order chi connectivity index (χ0) is 10.8. The summed E-state index contributed by atoms with van der Waals surface area (Å²) in [5.74, 6) is -4.84. The minimum absolute atomic E-state index is 0.190. The molecule has 1 aliphatic rings. The Labute approximate surface area is 82.6 Å². The zero-order valence-corrected chi connectivity index (χ0v) is 8.56. The van der Waals surface area contributed by atoms with E-state index in [0.717, 1.165) is 0 Å². The predicted molar refractivity (Wildman–Crippen MR) is 48.1 cm³/mol. The molecule has 0 aliphatic heterocycles. The highest BCUT2D eigenvalue weighted by Crippen LogP contribution is 2.39. The standard InChI is InChI=1S/C10H16F2O2/c1-7(2)14-9(13)8-5-3-4-6-10(8,11)12/h7-8H,3-6H2,1-2H3. The molecule has 14 heavy (non-hydrogen) atoms. The molecule has 0 heterocycles. The number of ether oxygens (including phenoxy) is 1. The predicted octanol–water partition coefficient (Wildman–Crippen LogP) is 2.76. The molecule has 0 spiro atoms. The van der Waals surface area contributed by atoms with Crippen molar-refractivity contribution in [1.29, 1.82) is 0 Å². The molecule has 0 bridgehead atoms. The summed E-state index contributed by atoms with van der Waals surface area (Å²) in [5.41, 5.74) is 0. The van der Waals surface area contributed by atoms with Crippen molar-refractivity contribution in [2.24, 2.45) is 5.92 Å². The first-order chi connectivity index (χ1) is 6.43. The lowest BCUT2D eigenvalue weighted by Crippen LogP contribution is -2.39. The summed E-state index contributed by atoms with van der Waals surface area (Å²) in [7, 11) is 0. The van der Waals surface area contributed by atoms with Gasteiger partial charge in [-0.05, 0) is 26.7 Å². The molecule has 2 nitrogen and oxygen atoms in total. The topological polar surface area (TPSA) is 26.3 Å². The summed E-state index contributed by atoms with van der Waals surface area (Å²) in [6.07, 6.45) is 0.926. The third-order valence-corrected chi connectivity index (χ3v) is 2.40. The third kappa shape index (κ3) is 2.66. The molecule has 4 heteroatoms. The van der Waals surface area contributed by atoms with E-state index in [0.29, 0.717) is 12.8 Å². The van der Waals surface area contributed by atoms with Crippen molar-refractivity contribution in [2.45, 2.75) is 51.6 Å². The minimum atomic E-state index is -2.87. The van der Waals surface area contributed by atoms with Crippen LogP contribution in [0.4, 0.5) is 8.78 Å². The SMILES string of the molecule is CC(C)OC(=O)C1CCCCC1(F)F. The van der Waals surface area contributed by atoms with Crippen molar-refractivity contribution >= 4 is 5.97 Å². The quantitative estimate of drug-likeness (QED) is 0.649. The lowest BCUT2D eigenvalue weighted by molar-refractivity contribution is -0.172. The Morgan fingerprint density at radius 2 is 2.07 bits per heavy atom. The van der Waals surface area contributed by atoms with Crippen LogP contribution in [0.15, 0.2) is 0 Å². The van der Waals surface area contributed by atoms with Crippen LogP contribution in [0.25, 0.3) is 0 Å².